The van der Waals surface area contributed by atoms with Gasteiger partial charge in [0.15, 0.2) is 0 Å². The van der Waals surface area contributed by atoms with Gasteiger partial charge in [-0.25, -0.2) is 4.79 Å². The number of methoxy groups -OCH3 is 1. The van der Waals surface area contributed by atoms with Crippen LogP contribution < -0.4 is 10.1 Å². The monoisotopic (exact) mass is 298 g/mol. The van der Waals surface area contributed by atoms with Gasteiger partial charge in [-0.1, -0.05) is 42.0 Å². The Morgan fingerprint density at radius 2 is 1.86 bits per heavy atom. The molecule has 0 fully saturated rings. The van der Waals surface area contributed by atoms with E-state index in [1.807, 2.05) is 49.4 Å². The summed E-state index contributed by atoms with van der Waals surface area (Å²) in [7, 11) is 3.42. The normalized spacial score (nSPS) is 10.1. The van der Waals surface area contributed by atoms with Crippen LogP contribution in [0.2, 0.25) is 0 Å². The standard InChI is InChI=1S/C18H22N2O2/c1-14-6-4-7-15(10-14)12-19-18(21)20(2)13-16-8-5-9-17(11-16)22-3/h4-11H,12-13H2,1-3H3,(H,19,21). The van der Waals surface area contributed by atoms with Crippen LogP contribution in [0.3, 0.4) is 0 Å². The van der Waals surface area contributed by atoms with Crippen molar-refractivity contribution in [2.75, 3.05) is 14.2 Å². The van der Waals surface area contributed by atoms with Crippen LogP contribution in [-0.4, -0.2) is 25.1 Å². The molecule has 2 rings (SSSR count). The molecule has 2 aromatic rings. The molecule has 0 aromatic heterocycles. The Labute approximate surface area is 131 Å². The van der Waals surface area contributed by atoms with Gasteiger partial charge in [-0.15, -0.1) is 0 Å². The smallest absolute Gasteiger partial charge is 0.317 e. The summed E-state index contributed by atoms with van der Waals surface area (Å²) in [6.45, 7) is 3.11. The molecule has 0 saturated carbocycles. The molecular weight excluding hydrogens is 276 g/mol. The zero-order valence-electron chi connectivity index (χ0n) is 13.3. The first kappa shape index (κ1) is 15.9. The molecule has 0 aliphatic heterocycles. The molecule has 1 N–H and O–H groups in total. The van der Waals surface area contributed by atoms with Gasteiger partial charge in [-0.2, -0.15) is 0 Å². The van der Waals surface area contributed by atoms with E-state index in [0.29, 0.717) is 13.1 Å². The first-order valence-corrected chi connectivity index (χ1v) is 7.26. The fourth-order valence-corrected chi connectivity index (χ4v) is 2.25. The molecule has 116 valence electrons. The Morgan fingerprint density at radius 1 is 1.14 bits per heavy atom. The number of rotatable bonds is 5. The van der Waals surface area contributed by atoms with Gasteiger partial charge in [-0.3, -0.25) is 0 Å². The van der Waals surface area contributed by atoms with E-state index in [1.54, 1.807) is 19.1 Å². The number of hydrogen-bond donors (Lipinski definition) is 1. The molecule has 0 spiro atoms. The second-order valence-electron chi connectivity index (χ2n) is 5.36. The molecule has 2 amide bonds. The average Bonchev–Trinajstić information content (AvgIpc) is 2.52. The van der Waals surface area contributed by atoms with Gasteiger partial charge in [0.1, 0.15) is 5.75 Å². The van der Waals surface area contributed by atoms with E-state index in [2.05, 4.69) is 11.4 Å². The highest BCUT2D eigenvalue weighted by molar-refractivity contribution is 5.73. The molecule has 0 unspecified atom stereocenters. The molecular formula is C18H22N2O2. The lowest BCUT2D eigenvalue weighted by Gasteiger charge is -2.18. The average molecular weight is 298 g/mol. The molecule has 2 aromatic carbocycles. The van der Waals surface area contributed by atoms with Crippen LogP contribution in [0.1, 0.15) is 16.7 Å². The number of nitrogens with one attached hydrogen (secondary N) is 1. The molecule has 0 radical (unpaired) electrons. The number of benzene rings is 2. The number of nitrogens with zero attached hydrogens (tertiary/aromatic N) is 1. The van der Waals surface area contributed by atoms with Gasteiger partial charge in [0.05, 0.1) is 7.11 Å². The van der Waals surface area contributed by atoms with Crippen molar-refractivity contribution in [1.29, 1.82) is 0 Å². The SMILES string of the molecule is COc1cccc(CN(C)C(=O)NCc2cccc(C)c2)c1. The number of hydrogen-bond acceptors (Lipinski definition) is 2. The number of ether oxygens (including phenoxy) is 1. The zero-order chi connectivity index (χ0) is 15.9. The van der Waals surface area contributed by atoms with Crippen molar-refractivity contribution >= 4 is 6.03 Å². The van der Waals surface area contributed by atoms with E-state index in [-0.39, 0.29) is 6.03 Å². The third-order valence-electron chi connectivity index (χ3n) is 3.43. The highest BCUT2D eigenvalue weighted by Gasteiger charge is 2.09. The summed E-state index contributed by atoms with van der Waals surface area (Å²) < 4.78 is 5.19. The number of carbonyl (C=O) groups is 1. The summed E-state index contributed by atoms with van der Waals surface area (Å²) in [5, 5.41) is 2.93. The van der Waals surface area contributed by atoms with E-state index in [4.69, 9.17) is 4.74 Å². The van der Waals surface area contributed by atoms with Crippen molar-refractivity contribution in [3.63, 3.8) is 0 Å². The van der Waals surface area contributed by atoms with Crippen molar-refractivity contribution in [3.8, 4) is 5.75 Å². The zero-order valence-corrected chi connectivity index (χ0v) is 13.3. The number of carbonyl (C=O) groups excluding carboxylic acids is 1. The molecule has 0 aliphatic carbocycles. The molecule has 0 heterocycles. The first-order chi connectivity index (χ1) is 10.6. The molecule has 0 bridgehead atoms. The van der Waals surface area contributed by atoms with Crippen LogP contribution in [0.4, 0.5) is 4.79 Å². The molecule has 0 atom stereocenters. The van der Waals surface area contributed by atoms with Gasteiger partial charge in [-0.05, 0) is 30.2 Å². The third kappa shape index (κ3) is 4.52. The van der Waals surface area contributed by atoms with Crippen LogP contribution in [0.5, 0.6) is 5.75 Å². The maximum absolute atomic E-state index is 12.1. The maximum Gasteiger partial charge on any atom is 0.317 e. The van der Waals surface area contributed by atoms with Gasteiger partial charge in [0, 0.05) is 20.1 Å². The quantitative estimate of drug-likeness (QED) is 0.919. The van der Waals surface area contributed by atoms with Gasteiger partial charge in [0.25, 0.3) is 0 Å². The lowest BCUT2D eigenvalue weighted by Crippen LogP contribution is -2.36. The topological polar surface area (TPSA) is 41.6 Å². The van der Waals surface area contributed by atoms with Crippen molar-refractivity contribution < 1.29 is 9.53 Å². The van der Waals surface area contributed by atoms with Crippen LogP contribution in [-0.2, 0) is 13.1 Å². The van der Waals surface area contributed by atoms with E-state index >= 15 is 0 Å². The summed E-state index contributed by atoms with van der Waals surface area (Å²) in [6.07, 6.45) is 0. The summed E-state index contributed by atoms with van der Waals surface area (Å²) in [6, 6.07) is 15.8. The summed E-state index contributed by atoms with van der Waals surface area (Å²) >= 11 is 0. The van der Waals surface area contributed by atoms with E-state index in [9.17, 15) is 4.79 Å². The van der Waals surface area contributed by atoms with E-state index in [1.165, 1.54) is 5.56 Å². The lowest BCUT2D eigenvalue weighted by molar-refractivity contribution is 0.206. The largest absolute Gasteiger partial charge is 0.497 e. The Bertz CT molecular complexity index is 640. The maximum atomic E-state index is 12.1. The van der Waals surface area contributed by atoms with Crippen molar-refractivity contribution in [1.82, 2.24) is 10.2 Å². The Hall–Kier alpha value is -2.49. The summed E-state index contributed by atoms with van der Waals surface area (Å²) in [5.74, 6) is 0.797. The summed E-state index contributed by atoms with van der Waals surface area (Å²) in [5.41, 5.74) is 3.33. The van der Waals surface area contributed by atoms with Gasteiger partial charge < -0.3 is 15.0 Å². The molecule has 0 aliphatic rings. The minimum absolute atomic E-state index is 0.0932. The van der Waals surface area contributed by atoms with E-state index in [0.717, 1.165) is 16.9 Å². The Kier molecular flexibility index (Phi) is 5.42. The molecule has 0 saturated heterocycles. The fourth-order valence-electron chi connectivity index (χ4n) is 2.25. The number of urea groups is 1. The Balaban J connectivity index is 1.89. The fraction of sp³-hybridized carbons (Fsp3) is 0.278. The highest BCUT2D eigenvalue weighted by Crippen LogP contribution is 2.14. The Morgan fingerprint density at radius 3 is 2.59 bits per heavy atom. The molecule has 4 heteroatoms. The van der Waals surface area contributed by atoms with Crippen LogP contribution >= 0.6 is 0 Å². The van der Waals surface area contributed by atoms with Crippen LogP contribution in [0.15, 0.2) is 48.5 Å². The summed E-state index contributed by atoms with van der Waals surface area (Å²) in [4.78, 5) is 13.8. The second kappa shape index (κ2) is 7.50. The molecule has 4 nitrogen and oxygen atoms in total. The number of aryl methyl sites for hydroxylation is 1. The van der Waals surface area contributed by atoms with E-state index < -0.39 is 0 Å². The molecule has 22 heavy (non-hydrogen) atoms. The number of amides is 2. The van der Waals surface area contributed by atoms with Gasteiger partial charge >= 0.3 is 6.03 Å². The lowest BCUT2D eigenvalue weighted by atomic mass is 10.1. The third-order valence-corrected chi connectivity index (χ3v) is 3.43. The minimum atomic E-state index is -0.0932. The predicted molar refractivity (Wildman–Crippen MR) is 87.9 cm³/mol. The van der Waals surface area contributed by atoms with Gasteiger partial charge in [0.2, 0.25) is 0 Å². The van der Waals surface area contributed by atoms with Crippen LogP contribution in [0.25, 0.3) is 0 Å². The second-order valence-corrected chi connectivity index (χ2v) is 5.36. The van der Waals surface area contributed by atoms with Crippen LogP contribution in [0, 0.1) is 6.92 Å². The first-order valence-electron chi connectivity index (χ1n) is 7.26. The minimum Gasteiger partial charge on any atom is -0.497 e. The van der Waals surface area contributed by atoms with Crippen molar-refractivity contribution in [3.05, 3.63) is 65.2 Å². The highest BCUT2D eigenvalue weighted by atomic mass is 16.5. The van der Waals surface area contributed by atoms with Crippen molar-refractivity contribution in [2.24, 2.45) is 0 Å². The predicted octanol–water partition coefficient (Wildman–Crippen LogP) is 3.35. The van der Waals surface area contributed by atoms with Crippen molar-refractivity contribution in [2.45, 2.75) is 20.0 Å².